The molecule has 1 amide bonds. The molecular formula is C12H19N7O2S. The molecule has 22 heavy (non-hydrogen) atoms. The van der Waals surface area contributed by atoms with Gasteiger partial charge in [-0.05, 0) is 0 Å². The Kier molecular flexibility index (Phi) is 5.90. The van der Waals surface area contributed by atoms with E-state index in [1.54, 1.807) is 36.3 Å². The number of carbonyl (C=O) groups excluding carboxylic acids is 1. The first-order chi connectivity index (χ1) is 10.6. The van der Waals surface area contributed by atoms with Crippen LogP contribution < -0.4 is 0 Å². The van der Waals surface area contributed by atoms with Gasteiger partial charge in [0, 0.05) is 27.7 Å². The summed E-state index contributed by atoms with van der Waals surface area (Å²) in [6, 6.07) is 0. The van der Waals surface area contributed by atoms with Crippen molar-refractivity contribution in [2.75, 3.05) is 26.5 Å². The van der Waals surface area contributed by atoms with Crippen LogP contribution in [-0.2, 0) is 29.7 Å². The quantitative estimate of drug-likeness (QED) is 0.621. The second-order valence-corrected chi connectivity index (χ2v) is 5.64. The van der Waals surface area contributed by atoms with Crippen molar-refractivity contribution in [2.24, 2.45) is 7.05 Å². The molecule has 9 nitrogen and oxygen atoms in total. The van der Waals surface area contributed by atoms with Gasteiger partial charge in [0.05, 0.1) is 18.9 Å². The van der Waals surface area contributed by atoms with Crippen LogP contribution >= 0.6 is 11.8 Å². The third-order valence-corrected chi connectivity index (χ3v) is 4.05. The minimum Gasteiger partial charge on any atom is -0.383 e. The predicted molar refractivity (Wildman–Crippen MR) is 80.1 cm³/mol. The van der Waals surface area contributed by atoms with E-state index in [0.717, 1.165) is 5.82 Å². The van der Waals surface area contributed by atoms with E-state index in [1.165, 1.54) is 11.8 Å². The van der Waals surface area contributed by atoms with Crippen LogP contribution in [0.4, 0.5) is 0 Å². The summed E-state index contributed by atoms with van der Waals surface area (Å²) in [5.41, 5.74) is 0. The molecule has 2 heterocycles. The first kappa shape index (κ1) is 16.4. The molecule has 0 aliphatic heterocycles. The van der Waals surface area contributed by atoms with Crippen LogP contribution in [0.25, 0.3) is 0 Å². The Balaban J connectivity index is 1.86. The van der Waals surface area contributed by atoms with E-state index in [2.05, 4.69) is 20.4 Å². The predicted octanol–water partition coefficient (Wildman–Crippen LogP) is -0.196. The Morgan fingerprint density at radius 3 is 2.82 bits per heavy atom. The van der Waals surface area contributed by atoms with Gasteiger partial charge in [0.2, 0.25) is 5.91 Å². The Labute approximate surface area is 132 Å². The molecule has 0 aliphatic carbocycles. The number of hydrogen-bond donors (Lipinski definition) is 0. The monoisotopic (exact) mass is 325 g/mol. The minimum atomic E-state index is -0.00529. The topological polar surface area (TPSA) is 91.0 Å². The lowest BCUT2D eigenvalue weighted by molar-refractivity contribution is -0.127. The van der Waals surface area contributed by atoms with Crippen molar-refractivity contribution in [3.8, 4) is 0 Å². The summed E-state index contributed by atoms with van der Waals surface area (Å²) in [4.78, 5) is 13.8. The first-order valence-electron chi connectivity index (χ1n) is 6.68. The van der Waals surface area contributed by atoms with Gasteiger partial charge in [0.25, 0.3) is 0 Å². The molecule has 0 spiro atoms. The van der Waals surface area contributed by atoms with Gasteiger partial charge >= 0.3 is 0 Å². The minimum absolute atomic E-state index is 0.00529. The number of ether oxygens (including phenoxy) is 1. The van der Waals surface area contributed by atoms with Gasteiger partial charge in [-0.25, -0.2) is 0 Å². The number of hydrogen-bond acceptors (Lipinski definition) is 7. The normalized spacial score (nSPS) is 10.9. The zero-order valence-corrected chi connectivity index (χ0v) is 13.7. The Morgan fingerprint density at radius 1 is 1.36 bits per heavy atom. The summed E-state index contributed by atoms with van der Waals surface area (Å²) < 4.78 is 8.69. The van der Waals surface area contributed by atoms with Crippen LogP contribution in [0.15, 0.2) is 17.8 Å². The van der Waals surface area contributed by atoms with E-state index in [1.807, 2.05) is 11.6 Å². The molecule has 0 aromatic carbocycles. The summed E-state index contributed by atoms with van der Waals surface area (Å²) >= 11 is 1.36. The maximum Gasteiger partial charge on any atom is 0.233 e. The third kappa shape index (κ3) is 4.28. The molecule has 2 aromatic heterocycles. The fourth-order valence-corrected chi connectivity index (χ4v) is 2.55. The van der Waals surface area contributed by atoms with Gasteiger partial charge in [-0.1, -0.05) is 11.8 Å². The molecule has 0 bridgehead atoms. The van der Waals surface area contributed by atoms with E-state index >= 15 is 0 Å². The Morgan fingerprint density at radius 2 is 2.14 bits per heavy atom. The van der Waals surface area contributed by atoms with Crippen molar-refractivity contribution in [1.29, 1.82) is 0 Å². The van der Waals surface area contributed by atoms with Crippen LogP contribution in [0.2, 0.25) is 0 Å². The maximum atomic E-state index is 12.2. The lowest BCUT2D eigenvalue weighted by Crippen LogP contribution is -2.29. The van der Waals surface area contributed by atoms with Gasteiger partial charge in [-0.15, -0.1) is 20.4 Å². The van der Waals surface area contributed by atoms with Crippen molar-refractivity contribution in [3.63, 3.8) is 0 Å². The van der Waals surface area contributed by atoms with Crippen LogP contribution in [0.1, 0.15) is 5.82 Å². The molecule has 0 saturated heterocycles. The van der Waals surface area contributed by atoms with E-state index in [-0.39, 0.29) is 5.91 Å². The zero-order valence-electron chi connectivity index (χ0n) is 12.8. The SMILES string of the molecule is COCCn1cnnc1CN(C)C(=O)CSc1nncn1C. The van der Waals surface area contributed by atoms with Gasteiger partial charge in [0.1, 0.15) is 12.7 Å². The molecule has 0 atom stereocenters. The van der Waals surface area contributed by atoms with Crippen molar-refractivity contribution in [3.05, 3.63) is 18.5 Å². The van der Waals surface area contributed by atoms with E-state index in [4.69, 9.17) is 4.74 Å². The van der Waals surface area contributed by atoms with E-state index < -0.39 is 0 Å². The van der Waals surface area contributed by atoms with Crippen LogP contribution in [0, 0.1) is 0 Å². The summed E-state index contributed by atoms with van der Waals surface area (Å²) in [5.74, 6) is 1.03. The van der Waals surface area contributed by atoms with Crippen LogP contribution in [-0.4, -0.2) is 66.9 Å². The van der Waals surface area contributed by atoms with Gasteiger partial charge < -0.3 is 18.8 Å². The lowest BCUT2D eigenvalue weighted by atomic mass is 10.4. The second-order valence-electron chi connectivity index (χ2n) is 4.70. The molecular weight excluding hydrogens is 306 g/mol. The van der Waals surface area contributed by atoms with Crippen LogP contribution in [0.5, 0.6) is 0 Å². The highest BCUT2D eigenvalue weighted by Crippen LogP contribution is 2.14. The second kappa shape index (κ2) is 7.90. The molecule has 0 fully saturated rings. The maximum absolute atomic E-state index is 12.2. The Hall–Kier alpha value is -1.94. The van der Waals surface area contributed by atoms with Crippen molar-refractivity contribution >= 4 is 17.7 Å². The van der Waals surface area contributed by atoms with Crippen molar-refractivity contribution in [1.82, 2.24) is 34.4 Å². The van der Waals surface area contributed by atoms with Gasteiger partial charge in [0.15, 0.2) is 11.0 Å². The Bertz CT molecular complexity index is 612. The molecule has 0 saturated carbocycles. The van der Waals surface area contributed by atoms with Gasteiger partial charge in [-0.2, -0.15) is 0 Å². The molecule has 120 valence electrons. The van der Waals surface area contributed by atoms with Gasteiger partial charge in [-0.3, -0.25) is 4.79 Å². The van der Waals surface area contributed by atoms with Crippen LogP contribution in [0.3, 0.4) is 0 Å². The number of thioether (sulfide) groups is 1. The molecule has 0 aliphatic rings. The third-order valence-electron chi connectivity index (χ3n) is 3.03. The number of nitrogens with zero attached hydrogens (tertiary/aromatic N) is 7. The fourth-order valence-electron chi connectivity index (χ4n) is 1.72. The lowest BCUT2D eigenvalue weighted by Gasteiger charge is -2.16. The smallest absolute Gasteiger partial charge is 0.233 e. The zero-order chi connectivity index (χ0) is 15.9. The average Bonchev–Trinajstić information content (AvgIpc) is 3.11. The molecule has 0 radical (unpaired) electrons. The summed E-state index contributed by atoms with van der Waals surface area (Å²) in [6.07, 6.45) is 3.25. The van der Waals surface area contributed by atoms with Crippen molar-refractivity contribution in [2.45, 2.75) is 18.2 Å². The largest absolute Gasteiger partial charge is 0.383 e. The highest BCUT2D eigenvalue weighted by Gasteiger charge is 2.14. The molecule has 2 rings (SSSR count). The molecule has 0 unspecified atom stereocenters. The van der Waals surface area contributed by atoms with Crippen molar-refractivity contribution < 1.29 is 9.53 Å². The number of aryl methyl sites for hydroxylation is 1. The molecule has 2 aromatic rings. The fraction of sp³-hybridized carbons (Fsp3) is 0.583. The standard InChI is InChI=1S/C12H19N7O2S/c1-17(6-10-15-14-9-19(10)4-5-21-3)11(20)7-22-12-16-13-8-18(12)2/h8-9H,4-7H2,1-3H3. The summed E-state index contributed by atoms with van der Waals surface area (Å²) in [5, 5.41) is 16.4. The number of amides is 1. The highest BCUT2D eigenvalue weighted by molar-refractivity contribution is 7.99. The summed E-state index contributed by atoms with van der Waals surface area (Å²) in [7, 11) is 5.23. The number of aromatic nitrogens is 6. The molecule has 0 N–H and O–H groups in total. The highest BCUT2D eigenvalue weighted by atomic mass is 32.2. The van der Waals surface area contributed by atoms with E-state index in [9.17, 15) is 4.79 Å². The average molecular weight is 325 g/mol. The number of methoxy groups -OCH3 is 1. The van der Waals surface area contributed by atoms with E-state index in [0.29, 0.717) is 30.6 Å². The number of carbonyl (C=O) groups is 1. The first-order valence-corrected chi connectivity index (χ1v) is 7.66. The number of rotatable bonds is 8. The summed E-state index contributed by atoms with van der Waals surface area (Å²) in [6.45, 7) is 1.64. The molecule has 10 heteroatoms.